The normalized spacial score (nSPS) is 20.7. The third-order valence-corrected chi connectivity index (χ3v) is 4.80. The van der Waals surface area contributed by atoms with Crippen molar-refractivity contribution in [3.8, 4) is 0 Å². The number of carbonyl (C=O) groups is 1. The number of amides is 1. The summed E-state index contributed by atoms with van der Waals surface area (Å²) in [4.78, 5) is 17.6. The molecule has 1 aliphatic carbocycles. The van der Waals surface area contributed by atoms with Gasteiger partial charge in [-0.2, -0.15) is 0 Å². The third-order valence-electron chi connectivity index (χ3n) is 3.97. The standard InChI is InChI=1S/C17H20N2O2S/c1-17(2,3)15-14(22-9-18-15)16(21)19-13-11-7-5-4-6-10(11)8-12(13)20/h4-7,9,12-13,20H,8H2,1-3H3,(H,19,21)/t12-,13+/m1/s1. The van der Waals surface area contributed by atoms with Gasteiger partial charge in [0.2, 0.25) is 0 Å². The molecule has 0 fully saturated rings. The van der Waals surface area contributed by atoms with E-state index in [1.54, 1.807) is 5.51 Å². The van der Waals surface area contributed by atoms with Crippen LogP contribution in [0.1, 0.15) is 53.3 Å². The molecule has 0 saturated carbocycles. The Morgan fingerprint density at radius 2 is 2.09 bits per heavy atom. The molecular formula is C17H20N2O2S. The molecule has 0 bridgehead atoms. The van der Waals surface area contributed by atoms with Crippen molar-refractivity contribution in [3.63, 3.8) is 0 Å². The number of thiazole rings is 1. The van der Waals surface area contributed by atoms with Crippen LogP contribution in [0, 0.1) is 0 Å². The van der Waals surface area contributed by atoms with Crippen LogP contribution in [0.2, 0.25) is 0 Å². The molecule has 1 aromatic carbocycles. The lowest BCUT2D eigenvalue weighted by Gasteiger charge is -2.20. The summed E-state index contributed by atoms with van der Waals surface area (Å²) in [5.74, 6) is -0.159. The summed E-state index contributed by atoms with van der Waals surface area (Å²) in [6.45, 7) is 6.12. The minimum Gasteiger partial charge on any atom is -0.390 e. The zero-order valence-corrected chi connectivity index (χ0v) is 13.8. The van der Waals surface area contributed by atoms with Gasteiger partial charge in [0.25, 0.3) is 5.91 Å². The van der Waals surface area contributed by atoms with E-state index in [4.69, 9.17) is 0 Å². The van der Waals surface area contributed by atoms with E-state index in [9.17, 15) is 9.90 Å². The highest BCUT2D eigenvalue weighted by Crippen LogP contribution is 2.33. The Hall–Kier alpha value is -1.72. The van der Waals surface area contributed by atoms with E-state index >= 15 is 0 Å². The van der Waals surface area contributed by atoms with Crippen LogP contribution < -0.4 is 5.32 Å². The zero-order valence-electron chi connectivity index (χ0n) is 13.0. The molecular weight excluding hydrogens is 296 g/mol. The van der Waals surface area contributed by atoms with Crippen LogP contribution in [0.25, 0.3) is 0 Å². The molecule has 2 atom stereocenters. The van der Waals surface area contributed by atoms with Gasteiger partial charge in [0.15, 0.2) is 0 Å². The van der Waals surface area contributed by atoms with Crippen molar-refractivity contribution < 1.29 is 9.90 Å². The molecule has 1 heterocycles. The van der Waals surface area contributed by atoms with Crippen molar-refractivity contribution in [1.82, 2.24) is 10.3 Å². The second kappa shape index (κ2) is 5.48. The lowest BCUT2D eigenvalue weighted by Crippen LogP contribution is -2.34. The number of fused-ring (bicyclic) bond motifs is 1. The van der Waals surface area contributed by atoms with Crippen LogP contribution in [0.5, 0.6) is 0 Å². The van der Waals surface area contributed by atoms with Gasteiger partial charge in [-0.25, -0.2) is 4.98 Å². The molecule has 0 aliphatic heterocycles. The number of aromatic nitrogens is 1. The molecule has 0 unspecified atom stereocenters. The molecule has 3 rings (SSSR count). The van der Waals surface area contributed by atoms with E-state index in [1.807, 2.05) is 45.0 Å². The predicted molar refractivity (Wildman–Crippen MR) is 87.2 cm³/mol. The fourth-order valence-corrected chi connectivity index (χ4v) is 3.80. The smallest absolute Gasteiger partial charge is 0.263 e. The van der Waals surface area contributed by atoms with Crippen LogP contribution in [0.4, 0.5) is 0 Å². The molecule has 0 radical (unpaired) electrons. The number of hydrogen-bond acceptors (Lipinski definition) is 4. The average Bonchev–Trinajstić information content (AvgIpc) is 3.04. The fraction of sp³-hybridized carbons (Fsp3) is 0.412. The van der Waals surface area contributed by atoms with E-state index in [-0.39, 0.29) is 17.4 Å². The summed E-state index contributed by atoms with van der Waals surface area (Å²) in [6, 6.07) is 7.50. The van der Waals surface area contributed by atoms with Crippen LogP contribution in [-0.4, -0.2) is 22.1 Å². The van der Waals surface area contributed by atoms with Crippen LogP contribution in [-0.2, 0) is 11.8 Å². The summed E-state index contributed by atoms with van der Waals surface area (Å²) in [6.07, 6.45) is 0.00278. The largest absolute Gasteiger partial charge is 0.390 e. The highest BCUT2D eigenvalue weighted by atomic mass is 32.1. The SMILES string of the molecule is CC(C)(C)c1ncsc1C(=O)N[C@H]1c2ccccc2C[C@H]1O. The van der Waals surface area contributed by atoms with E-state index in [0.29, 0.717) is 11.3 Å². The van der Waals surface area contributed by atoms with Crippen molar-refractivity contribution in [2.24, 2.45) is 0 Å². The van der Waals surface area contributed by atoms with Gasteiger partial charge in [-0.1, -0.05) is 45.0 Å². The summed E-state index contributed by atoms with van der Waals surface area (Å²) >= 11 is 1.35. The topological polar surface area (TPSA) is 62.2 Å². The Labute approximate surface area is 134 Å². The van der Waals surface area contributed by atoms with Crippen molar-refractivity contribution in [3.05, 3.63) is 51.5 Å². The summed E-state index contributed by atoms with van der Waals surface area (Å²) in [7, 11) is 0. The Morgan fingerprint density at radius 3 is 2.82 bits per heavy atom. The highest BCUT2D eigenvalue weighted by Gasteiger charge is 2.33. The van der Waals surface area contributed by atoms with Crippen molar-refractivity contribution in [1.29, 1.82) is 0 Å². The maximum Gasteiger partial charge on any atom is 0.263 e. The fourth-order valence-electron chi connectivity index (χ4n) is 2.90. The minimum absolute atomic E-state index is 0.159. The van der Waals surface area contributed by atoms with Gasteiger partial charge >= 0.3 is 0 Å². The van der Waals surface area contributed by atoms with Crippen molar-refractivity contribution in [2.45, 2.75) is 44.8 Å². The number of nitrogens with one attached hydrogen (secondary N) is 1. The minimum atomic E-state index is -0.577. The number of aliphatic hydroxyl groups excluding tert-OH is 1. The molecule has 4 nitrogen and oxygen atoms in total. The number of rotatable bonds is 2. The van der Waals surface area contributed by atoms with Crippen LogP contribution in [0.3, 0.4) is 0 Å². The molecule has 0 spiro atoms. The lowest BCUT2D eigenvalue weighted by atomic mass is 9.91. The van der Waals surface area contributed by atoms with Crippen molar-refractivity contribution >= 4 is 17.2 Å². The average molecular weight is 316 g/mol. The van der Waals surface area contributed by atoms with Gasteiger partial charge in [-0.3, -0.25) is 4.79 Å². The molecule has 5 heteroatoms. The molecule has 1 aromatic heterocycles. The molecule has 1 aliphatic rings. The first kappa shape index (κ1) is 15.2. The Kier molecular flexibility index (Phi) is 3.78. The quantitative estimate of drug-likeness (QED) is 0.895. The monoisotopic (exact) mass is 316 g/mol. The number of benzene rings is 1. The summed E-state index contributed by atoms with van der Waals surface area (Å²) < 4.78 is 0. The Balaban J connectivity index is 1.86. The molecule has 1 amide bonds. The van der Waals surface area contributed by atoms with Crippen LogP contribution >= 0.6 is 11.3 Å². The number of aliphatic hydroxyl groups is 1. The zero-order chi connectivity index (χ0) is 15.9. The number of nitrogens with zero attached hydrogens (tertiary/aromatic N) is 1. The van der Waals surface area contributed by atoms with Gasteiger partial charge in [-0.05, 0) is 11.1 Å². The number of carbonyl (C=O) groups excluding carboxylic acids is 1. The van der Waals surface area contributed by atoms with Crippen molar-refractivity contribution in [2.75, 3.05) is 0 Å². The van der Waals surface area contributed by atoms with E-state index in [2.05, 4.69) is 10.3 Å². The van der Waals surface area contributed by atoms with Gasteiger partial charge in [-0.15, -0.1) is 11.3 Å². The second-order valence-electron chi connectivity index (χ2n) is 6.70. The third kappa shape index (κ3) is 2.66. The molecule has 116 valence electrons. The second-order valence-corrected chi connectivity index (χ2v) is 7.56. The number of hydrogen-bond donors (Lipinski definition) is 2. The molecule has 0 saturated heterocycles. The first-order chi connectivity index (χ1) is 10.4. The van der Waals surface area contributed by atoms with Gasteiger partial charge in [0.1, 0.15) is 4.88 Å². The summed E-state index contributed by atoms with van der Waals surface area (Å²) in [5.41, 5.74) is 4.43. The summed E-state index contributed by atoms with van der Waals surface area (Å²) in [5, 5.41) is 13.2. The maximum absolute atomic E-state index is 12.6. The van der Waals surface area contributed by atoms with Gasteiger partial charge in [0, 0.05) is 11.8 Å². The molecule has 2 N–H and O–H groups in total. The maximum atomic E-state index is 12.6. The first-order valence-corrected chi connectivity index (χ1v) is 8.26. The van der Waals surface area contributed by atoms with E-state index in [0.717, 1.165) is 16.8 Å². The van der Waals surface area contributed by atoms with E-state index in [1.165, 1.54) is 11.3 Å². The highest BCUT2D eigenvalue weighted by molar-refractivity contribution is 7.11. The van der Waals surface area contributed by atoms with Gasteiger partial charge in [0.05, 0.1) is 23.4 Å². The first-order valence-electron chi connectivity index (χ1n) is 7.38. The van der Waals surface area contributed by atoms with Crippen LogP contribution in [0.15, 0.2) is 29.8 Å². The predicted octanol–water partition coefficient (Wildman–Crippen LogP) is 2.83. The molecule has 22 heavy (non-hydrogen) atoms. The Bertz CT molecular complexity index is 703. The lowest BCUT2D eigenvalue weighted by molar-refractivity contribution is 0.0860. The van der Waals surface area contributed by atoms with Gasteiger partial charge < -0.3 is 10.4 Å². The van der Waals surface area contributed by atoms with E-state index < -0.39 is 6.10 Å². The molecule has 2 aromatic rings. The Morgan fingerprint density at radius 1 is 1.36 bits per heavy atom.